The molecule has 1 N–H and O–H groups in total. The maximum Gasteiger partial charge on any atom is 0.0102 e. The summed E-state index contributed by atoms with van der Waals surface area (Å²) in [6, 6.07) is 3.55. The molecule has 3 saturated carbocycles. The lowest BCUT2D eigenvalue weighted by molar-refractivity contribution is 0.0187. The Kier molecular flexibility index (Phi) is 5.99. The molecule has 21 heavy (non-hydrogen) atoms. The molecule has 3 rings (SSSR count). The van der Waals surface area contributed by atoms with E-state index in [1.165, 1.54) is 89.9 Å². The first-order valence-corrected chi connectivity index (χ1v) is 9.83. The fourth-order valence-corrected chi connectivity index (χ4v) is 5.32. The van der Waals surface area contributed by atoms with Crippen LogP contribution in [0.25, 0.3) is 0 Å². The van der Waals surface area contributed by atoms with E-state index in [4.69, 9.17) is 0 Å². The topological polar surface area (TPSA) is 15.3 Å². The van der Waals surface area contributed by atoms with E-state index >= 15 is 0 Å². The van der Waals surface area contributed by atoms with E-state index in [0.29, 0.717) is 0 Å². The van der Waals surface area contributed by atoms with Crippen LogP contribution in [0.5, 0.6) is 0 Å². The SMILES string of the molecule is CNC1CCC(N(C2CCCCC2)C2CCCCC2)CC1. The van der Waals surface area contributed by atoms with E-state index in [1.54, 1.807) is 0 Å². The summed E-state index contributed by atoms with van der Waals surface area (Å²) in [4.78, 5) is 3.07. The smallest absolute Gasteiger partial charge is 0.0102 e. The van der Waals surface area contributed by atoms with Crippen molar-refractivity contribution >= 4 is 0 Å². The van der Waals surface area contributed by atoms with Crippen molar-refractivity contribution in [2.75, 3.05) is 7.05 Å². The van der Waals surface area contributed by atoms with E-state index in [0.717, 1.165) is 24.2 Å². The van der Waals surface area contributed by atoms with Gasteiger partial charge in [-0.05, 0) is 58.4 Å². The molecule has 0 radical (unpaired) electrons. The second-order valence-electron chi connectivity index (χ2n) is 7.83. The highest BCUT2D eigenvalue weighted by molar-refractivity contribution is 4.91. The van der Waals surface area contributed by atoms with Gasteiger partial charge >= 0.3 is 0 Å². The van der Waals surface area contributed by atoms with Crippen LogP contribution in [-0.4, -0.2) is 36.1 Å². The van der Waals surface area contributed by atoms with Crippen LogP contribution >= 0.6 is 0 Å². The molecule has 0 atom stereocenters. The molecular weight excluding hydrogens is 256 g/mol. The highest BCUT2D eigenvalue weighted by Gasteiger charge is 2.35. The highest BCUT2D eigenvalue weighted by Crippen LogP contribution is 2.35. The second kappa shape index (κ2) is 7.97. The maximum absolute atomic E-state index is 3.50. The molecule has 0 unspecified atom stereocenters. The van der Waals surface area contributed by atoms with Crippen LogP contribution in [0.2, 0.25) is 0 Å². The first-order chi connectivity index (χ1) is 10.4. The van der Waals surface area contributed by atoms with Gasteiger partial charge in [0.15, 0.2) is 0 Å². The predicted octanol–water partition coefficient (Wildman–Crippen LogP) is 4.48. The zero-order valence-corrected chi connectivity index (χ0v) is 14.2. The maximum atomic E-state index is 3.50. The fraction of sp³-hybridized carbons (Fsp3) is 1.00. The summed E-state index contributed by atoms with van der Waals surface area (Å²) in [5.41, 5.74) is 0. The first-order valence-electron chi connectivity index (χ1n) is 9.83. The summed E-state index contributed by atoms with van der Waals surface area (Å²) in [6.45, 7) is 0. The summed E-state index contributed by atoms with van der Waals surface area (Å²) in [6.07, 6.45) is 20.6. The quantitative estimate of drug-likeness (QED) is 0.821. The summed E-state index contributed by atoms with van der Waals surface area (Å²) >= 11 is 0. The zero-order valence-electron chi connectivity index (χ0n) is 14.2. The van der Waals surface area contributed by atoms with Gasteiger partial charge < -0.3 is 5.32 Å². The first kappa shape index (κ1) is 15.8. The minimum Gasteiger partial charge on any atom is -0.317 e. The van der Waals surface area contributed by atoms with E-state index in [9.17, 15) is 0 Å². The summed E-state index contributed by atoms with van der Waals surface area (Å²) < 4.78 is 0. The van der Waals surface area contributed by atoms with Gasteiger partial charge in [-0.2, -0.15) is 0 Å². The molecule has 3 aliphatic rings. The van der Waals surface area contributed by atoms with E-state index in [-0.39, 0.29) is 0 Å². The Bertz CT molecular complexity index is 266. The van der Waals surface area contributed by atoms with Crippen molar-refractivity contribution in [1.82, 2.24) is 10.2 Å². The van der Waals surface area contributed by atoms with Gasteiger partial charge in [0.05, 0.1) is 0 Å². The van der Waals surface area contributed by atoms with Crippen molar-refractivity contribution < 1.29 is 0 Å². The minimum atomic E-state index is 0.792. The Hall–Kier alpha value is -0.0800. The largest absolute Gasteiger partial charge is 0.317 e. The van der Waals surface area contributed by atoms with Gasteiger partial charge in [-0.3, -0.25) is 4.90 Å². The van der Waals surface area contributed by atoms with Crippen molar-refractivity contribution in [2.45, 2.75) is 114 Å². The van der Waals surface area contributed by atoms with Gasteiger partial charge in [-0.1, -0.05) is 38.5 Å². The van der Waals surface area contributed by atoms with Crippen molar-refractivity contribution in [3.63, 3.8) is 0 Å². The molecule has 2 nitrogen and oxygen atoms in total. The van der Waals surface area contributed by atoms with Gasteiger partial charge in [0.2, 0.25) is 0 Å². The molecule has 3 fully saturated rings. The van der Waals surface area contributed by atoms with Crippen molar-refractivity contribution in [3.8, 4) is 0 Å². The third-order valence-electron chi connectivity index (χ3n) is 6.52. The molecule has 0 aromatic rings. The summed E-state index contributed by atoms with van der Waals surface area (Å²) in [7, 11) is 2.14. The Labute approximate surface area is 132 Å². The number of hydrogen-bond donors (Lipinski definition) is 1. The molecule has 0 amide bonds. The summed E-state index contributed by atoms with van der Waals surface area (Å²) in [5.74, 6) is 0. The monoisotopic (exact) mass is 292 g/mol. The van der Waals surface area contributed by atoms with Gasteiger partial charge in [-0.15, -0.1) is 0 Å². The van der Waals surface area contributed by atoms with E-state index < -0.39 is 0 Å². The molecule has 2 heteroatoms. The zero-order chi connectivity index (χ0) is 14.5. The molecule has 0 spiro atoms. The van der Waals surface area contributed by atoms with Crippen LogP contribution in [0, 0.1) is 0 Å². The lowest BCUT2D eigenvalue weighted by Crippen LogP contribution is -2.52. The lowest BCUT2D eigenvalue weighted by atomic mass is 9.83. The average molecular weight is 293 g/mol. The van der Waals surface area contributed by atoms with E-state index in [1.807, 2.05) is 0 Å². The molecule has 0 saturated heterocycles. The van der Waals surface area contributed by atoms with Crippen LogP contribution in [-0.2, 0) is 0 Å². The molecule has 122 valence electrons. The summed E-state index contributed by atoms with van der Waals surface area (Å²) in [5, 5.41) is 3.50. The van der Waals surface area contributed by atoms with Gasteiger partial charge in [0.25, 0.3) is 0 Å². The van der Waals surface area contributed by atoms with Gasteiger partial charge in [-0.25, -0.2) is 0 Å². The molecule has 0 aromatic heterocycles. The van der Waals surface area contributed by atoms with Crippen LogP contribution in [0.15, 0.2) is 0 Å². The Morgan fingerprint density at radius 1 is 0.571 bits per heavy atom. The Morgan fingerprint density at radius 2 is 1.00 bits per heavy atom. The highest BCUT2D eigenvalue weighted by atomic mass is 15.2. The van der Waals surface area contributed by atoms with Crippen LogP contribution in [0.1, 0.15) is 89.9 Å². The molecule has 0 heterocycles. The number of rotatable bonds is 4. The van der Waals surface area contributed by atoms with Crippen molar-refractivity contribution in [1.29, 1.82) is 0 Å². The van der Waals surface area contributed by atoms with Crippen LogP contribution < -0.4 is 5.32 Å². The Morgan fingerprint density at radius 3 is 1.43 bits per heavy atom. The minimum absolute atomic E-state index is 0.792. The van der Waals surface area contributed by atoms with Crippen LogP contribution in [0.4, 0.5) is 0 Å². The van der Waals surface area contributed by atoms with Gasteiger partial charge in [0, 0.05) is 24.2 Å². The lowest BCUT2D eigenvalue weighted by Gasteiger charge is -2.48. The van der Waals surface area contributed by atoms with E-state index in [2.05, 4.69) is 17.3 Å². The Balaban J connectivity index is 1.65. The molecule has 3 aliphatic carbocycles. The number of nitrogens with zero attached hydrogens (tertiary/aromatic N) is 1. The third-order valence-corrected chi connectivity index (χ3v) is 6.52. The molecule has 0 aliphatic heterocycles. The molecule has 0 bridgehead atoms. The van der Waals surface area contributed by atoms with Gasteiger partial charge in [0.1, 0.15) is 0 Å². The number of nitrogens with one attached hydrogen (secondary N) is 1. The van der Waals surface area contributed by atoms with Crippen LogP contribution in [0.3, 0.4) is 0 Å². The standard InChI is InChI=1S/C19H36N2/c1-20-16-12-14-19(15-13-16)21(17-8-4-2-5-9-17)18-10-6-3-7-11-18/h16-20H,2-15H2,1H3. The molecule has 0 aromatic carbocycles. The second-order valence-corrected chi connectivity index (χ2v) is 7.83. The van der Waals surface area contributed by atoms with Crippen molar-refractivity contribution in [2.24, 2.45) is 0 Å². The predicted molar refractivity (Wildman–Crippen MR) is 90.7 cm³/mol. The third kappa shape index (κ3) is 4.01. The fourth-order valence-electron chi connectivity index (χ4n) is 5.32. The van der Waals surface area contributed by atoms with Crippen molar-refractivity contribution in [3.05, 3.63) is 0 Å². The number of hydrogen-bond acceptors (Lipinski definition) is 2. The normalized spacial score (nSPS) is 33.4. The molecular formula is C19H36N2. The average Bonchev–Trinajstić information content (AvgIpc) is 2.58.